The topological polar surface area (TPSA) is 0 Å². The first-order valence-corrected chi connectivity index (χ1v) is 6.85. The fraction of sp³-hybridized carbons (Fsp3) is 0.600. The Morgan fingerprint density at radius 1 is 1.08 bits per heavy atom. The molecule has 0 saturated heterocycles. The van der Waals surface area contributed by atoms with E-state index in [9.17, 15) is 0 Å². The van der Waals surface area contributed by atoms with Crippen molar-refractivity contribution in [1.82, 2.24) is 0 Å². The molecule has 1 rings (SSSR count). The summed E-state index contributed by atoms with van der Waals surface area (Å²) in [7, 11) is -0.111. The summed E-state index contributed by atoms with van der Waals surface area (Å²) in [6.07, 6.45) is 0. The first-order chi connectivity index (χ1) is 5.59. The van der Waals surface area contributed by atoms with Gasteiger partial charge in [-0.05, 0) is 44.4 Å². The Morgan fingerprint density at radius 2 is 1.50 bits per heavy atom. The Morgan fingerprint density at radius 3 is 1.83 bits per heavy atom. The van der Waals surface area contributed by atoms with Crippen LogP contribution in [0.1, 0.15) is 27.7 Å². The molecule has 1 aliphatic rings. The fourth-order valence-electron chi connectivity index (χ4n) is 1.98. The molecule has 12 heavy (non-hydrogen) atoms. The molecular weight excluding hydrogens is 184 g/mol. The monoisotopic (exact) mass is 200 g/mol. The van der Waals surface area contributed by atoms with Crippen LogP contribution in [-0.2, 0) is 0 Å². The van der Waals surface area contributed by atoms with Gasteiger partial charge in [0.05, 0.1) is 9.52 Å². The molecule has 0 saturated carbocycles. The lowest BCUT2D eigenvalue weighted by molar-refractivity contribution is 1.11. The molecule has 0 nitrogen and oxygen atoms in total. The molecule has 0 atom stereocenters. The van der Waals surface area contributed by atoms with Crippen LogP contribution in [0, 0.1) is 0 Å². The smallest absolute Gasteiger partial charge is 0.0509 e. The standard InChI is InChI=1S/C10H17ClSi/c1-6-7(2)9(4)10(8(6)3)12-5-11/h10H,5,12H2,1-4H3. The molecule has 0 radical (unpaired) electrons. The van der Waals surface area contributed by atoms with Crippen LogP contribution >= 0.6 is 11.6 Å². The summed E-state index contributed by atoms with van der Waals surface area (Å²) in [6, 6.07) is 0. The maximum Gasteiger partial charge on any atom is 0.0509 e. The van der Waals surface area contributed by atoms with E-state index in [1.54, 1.807) is 11.1 Å². The molecule has 1 aliphatic carbocycles. The van der Waals surface area contributed by atoms with E-state index in [1.807, 2.05) is 0 Å². The first-order valence-electron chi connectivity index (χ1n) is 4.50. The lowest BCUT2D eigenvalue weighted by Crippen LogP contribution is -2.05. The predicted octanol–water partition coefficient (Wildman–Crippen LogP) is 2.83. The van der Waals surface area contributed by atoms with Crippen LogP contribution in [0.5, 0.6) is 0 Å². The zero-order valence-corrected chi connectivity index (χ0v) is 10.5. The summed E-state index contributed by atoms with van der Waals surface area (Å²) in [6.45, 7) is 8.99. The van der Waals surface area contributed by atoms with Crippen molar-refractivity contribution in [3.63, 3.8) is 0 Å². The molecule has 0 amide bonds. The summed E-state index contributed by atoms with van der Waals surface area (Å²) in [5.41, 5.74) is 7.85. The van der Waals surface area contributed by atoms with Gasteiger partial charge in [-0.2, -0.15) is 0 Å². The average molecular weight is 201 g/mol. The second-order valence-electron chi connectivity index (χ2n) is 3.65. The normalized spacial score (nSPS) is 20.8. The van der Waals surface area contributed by atoms with Gasteiger partial charge in [0, 0.05) is 5.50 Å². The minimum atomic E-state index is -0.111. The Bertz CT molecular complexity index is 227. The lowest BCUT2D eigenvalue weighted by atomic mass is 10.1. The third-order valence-electron chi connectivity index (χ3n) is 3.19. The zero-order valence-electron chi connectivity index (χ0n) is 8.37. The van der Waals surface area contributed by atoms with E-state index in [0.29, 0.717) is 0 Å². The molecule has 0 N–H and O–H groups in total. The maximum atomic E-state index is 5.82. The molecule has 0 aliphatic heterocycles. The quantitative estimate of drug-likeness (QED) is 0.475. The van der Waals surface area contributed by atoms with Crippen molar-refractivity contribution in [1.29, 1.82) is 0 Å². The third-order valence-corrected chi connectivity index (χ3v) is 5.86. The van der Waals surface area contributed by atoms with Gasteiger partial charge in [0.2, 0.25) is 0 Å². The van der Waals surface area contributed by atoms with Crippen molar-refractivity contribution in [3.05, 3.63) is 22.3 Å². The molecule has 68 valence electrons. The van der Waals surface area contributed by atoms with Crippen molar-refractivity contribution in [3.8, 4) is 0 Å². The Kier molecular flexibility index (Phi) is 3.19. The Balaban J connectivity index is 2.91. The summed E-state index contributed by atoms with van der Waals surface area (Å²) in [5.74, 6) is 0. The van der Waals surface area contributed by atoms with Crippen molar-refractivity contribution in [2.24, 2.45) is 0 Å². The summed E-state index contributed by atoms with van der Waals surface area (Å²) < 4.78 is 0. The summed E-state index contributed by atoms with van der Waals surface area (Å²) in [4.78, 5) is 0. The van der Waals surface area contributed by atoms with Gasteiger partial charge in [-0.1, -0.05) is 11.1 Å². The predicted molar refractivity (Wildman–Crippen MR) is 59.8 cm³/mol. The van der Waals surface area contributed by atoms with E-state index < -0.39 is 0 Å². The van der Waals surface area contributed by atoms with Crippen LogP contribution in [0.3, 0.4) is 0 Å². The van der Waals surface area contributed by atoms with Gasteiger partial charge in [0.15, 0.2) is 0 Å². The number of alkyl halides is 1. The molecule has 0 bridgehead atoms. The maximum absolute atomic E-state index is 5.82. The second-order valence-corrected chi connectivity index (χ2v) is 6.55. The number of hydrogen-bond donors (Lipinski definition) is 0. The van der Waals surface area contributed by atoms with Gasteiger partial charge in [0.25, 0.3) is 0 Å². The van der Waals surface area contributed by atoms with Crippen LogP contribution < -0.4 is 0 Å². The van der Waals surface area contributed by atoms with Crippen LogP contribution in [0.4, 0.5) is 0 Å². The second kappa shape index (κ2) is 3.80. The van der Waals surface area contributed by atoms with Crippen molar-refractivity contribution in [2.75, 3.05) is 5.50 Å². The van der Waals surface area contributed by atoms with E-state index >= 15 is 0 Å². The Labute approximate surface area is 82.5 Å². The highest BCUT2D eigenvalue weighted by atomic mass is 35.5. The van der Waals surface area contributed by atoms with E-state index in [2.05, 4.69) is 27.7 Å². The SMILES string of the molecule is CC1=C(C)C([SiH2]CCl)C(C)=C1C. The number of halogens is 1. The Hall–Kier alpha value is -0.0131. The van der Waals surface area contributed by atoms with E-state index in [1.165, 1.54) is 11.1 Å². The highest BCUT2D eigenvalue weighted by Gasteiger charge is 2.23. The minimum absolute atomic E-state index is 0.111. The minimum Gasteiger partial charge on any atom is -0.131 e. The van der Waals surface area contributed by atoms with Gasteiger partial charge in [-0.3, -0.25) is 0 Å². The van der Waals surface area contributed by atoms with Crippen molar-refractivity contribution >= 4 is 21.1 Å². The van der Waals surface area contributed by atoms with Crippen LogP contribution in [0.15, 0.2) is 22.3 Å². The van der Waals surface area contributed by atoms with Gasteiger partial charge in [-0.25, -0.2) is 0 Å². The van der Waals surface area contributed by atoms with Crippen LogP contribution in [-0.4, -0.2) is 15.0 Å². The average Bonchev–Trinajstić information content (AvgIpc) is 2.23. The van der Waals surface area contributed by atoms with Crippen molar-refractivity contribution in [2.45, 2.75) is 33.2 Å². The van der Waals surface area contributed by atoms with Gasteiger partial charge in [-0.15, -0.1) is 11.6 Å². The molecule has 0 aromatic heterocycles. The fourth-order valence-corrected chi connectivity index (χ4v) is 4.33. The van der Waals surface area contributed by atoms with Crippen molar-refractivity contribution < 1.29 is 0 Å². The van der Waals surface area contributed by atoms with Crippen LogP contribution in [0.25, 0.3) is 0 Å². The molecule has 0 spiro atoms. The summed E-state index contributed by atoms with van der Waals surface area (Å²) >= 11 is 5.82. The number of allylic oxidation sites excluding steroid dienone is 4. The number of hydrogen-bond acceptors (Lipinski definition) is 0. The van der Waals surface area contributed by atoms with Gasteiger partial charge >= 0.3 is 0 Å². The molecular formula is C10H17ClSi. The molecule has 0 aromatic carbocycles. The number of rotatable bonds is 2. The van der Waals surface area contributed by atoms with E-state index in [-0.39, 0.29) is 9.52 Å². The zero-order chi connectivity index (χ0) is 9.30. The first kappa shape index (κ1) is 10.1. The molecule has 2 heteroatoms. The largest absolute Gasteiger partial charge is 0.131 e. The molecule has 0 heterocycles. The lowest BCUT2D eigenvalue weighted by Gasteiger charge is -2.11. The van der Waals surface area contributed by atoms with Gasteiger partial charge < -0.3 is 0 Å². The van der Waals surface area contributed by atoms with Gasteiger partial charge in [0.1, 0.15) is 0 Å². The molecule has 0 aromatic rings. The highest BCUT2D eigenvalue weighted by molar-refractivity contribution is 6.53. The van der Waals surface area contributed by atoms with E-state index in [4.69, 9.17) is 11.6 Å². The summed E-state index contributed by atoms with van der Waals surface area (Å²) in [5, 5.41) is 0. The highest BCUT2D eigenvalue weighted by Crippen LogP contribution is 2.39. The third kappa shape index (κ3) is 1.53. The van der Waals surface area contributed by atoms with E-state index in [0.717, 1.165) is 11.0 Å². The molecule has 0 fully saturated rings. The molecule has 0 unspecified atom stereocenters. The van der Waals surface area contributed by atoms with Crippen LogP contribution in [0.2, 0.25) is 5.54 Å².